The van der Waals surface area contributed by atoms with Gasteiger partial charge in [0.25, 0.3) is 0 Å². The summed E-state index contributed by atoms with van der Waals surface area (Å²) in [7, 11) is 0. The second kappa shape index (κ2) is 14.0. The molecule has 0 unspecified atom stereocenters. The molecule has 0 spiro atoms. The van der Waals surface area contributed by atoms with Crippen LogP contribution in [0.2, 0.25) is 0 Å². The third-order valence-corrected chi connectivity index (χ3v) is 11.1. The van der Waals surface area contributed by atoms with Crippen molar-refractivity contribution in [3.8, 4) is 73.1 Å². The van der Waals surface area contributed by atoms with Gasteiger partial charge < -0.3 is 4.90 Å². The first-order valence-electron chi connectivity index (χ1n) is 19.7. The summed E-state index contributed by atoms with van der Waals surface area (Å²) < 4.78 is 2.36. The van der Waals surface area contributed by atoms with Crippen LogP contribution in [0.1, 0.15) is 0 Å². The Hall–Kier alpha value is -7.82. The average molecular weight is 741 g/mol. The van der Waals surface area contributed by atoms with Crippen LogP contribution in [0.15, 0.2) is 218 Å². The molecule has 0 radical (unpaired) electrons. The molecule has 272 valence electrons. The summed E-state index contributed by atoms with van der Waals surface area (Å²) in [5, 5.41) is 1.16. The lowest BCUT2D eigenvalue weighted by atomic mass is 9.97. The van der Waals surface area contributed by atoms with Crippen molar-refractivity contribution >= 4 is 28.0 Å². The highest BCUT2D eigenvalue weighted by Gasteiger charge is 2.32. The highest BCUT2D eigenvalue weighted by molar-refractivity contribution is 6.13. The Balaban J connectivity index is 1.22. The van der Waals surface area contributed by atoms with E-state index in [1.54, 1.807) is 0 Å². The molecule has 1 aliphatic heterocycles. The summed E-state index contributed by atoms with van der Waals surface area (Å²) in [4.78, 5) is 13.0. The Labute approximate surface area is 337 Å². The van der Waals surface area contributed by atoms with Gasteiger partial charge in [-0.05, 0) is 58.7 Å². The summed E-state index contributed by atoms with van der Waals surface area (Å²) >= 11 is 0. The van der Waals surface area contributed by atoms with E-state index >= 15 is 0 Å². The topological polar surface area (TPSA) is 34.0 Å². The van der Waals surface area contributed by atoms with Crippen molar-refractivity contribution in [3.63, 3.8) is 0 Å². The Morgan fingerprint density at radius 3 is 1.50 bits per heavy atom. The fourth-order valence-corrected chi connectivity index (χ4v) is 8.52. The van der Waals surface area contributed by atoms with Crippen LogP contribution in [0.4, 0.5) is 17.1 Å². The fourth-order valence-electron chi connectivity index (χ4n) is 8.52. The van der Waals surface area contributed by atoms with Gasteiger partial charge in [0.15, 0.2) is 5.82 Å². The molecule has 10 aromatic rings. The number of hydrogen-bond donors (Lipinski definition) is 0. The molecular weight excluding hydrogens is 705 g/mol. The average Bonchev–Trinajstić information content (AvgIpc) is 3.59. The lowest BCUT2D eigenvalue weighted by Crippen LogP contribution is -2.12. The summed E-state index contributed by atoms with van der Waals surface area (Å²) in [6, 6.07) is 77.6. The van der Waals surface area contributed by atoms with Crippen LogP contribution in [0, 0.1) is 0 Å². The van der Waals surface area contributed by atoms with Gasteiger partial charge >= 0.3 is 0 Å². The minimum atomic E-state index is 0.679. The normalized spacial score (nSPS) is 11.8. The quantitative estimate of drug-likeness (QED) is 0.170. The predicted molar refractivity (Wildman–Crippen MR) is 240 cm³/mol. The van der Waals surface area contributed by atoms with Gasteiger partial charge in [0, 0.05) is 45.0 Å². The molecule has 2 aromatic heterocycles. The van der Waals surface area contributed by atoms with E-state index in [2.05, 4.69) is 204 Å². The smallest absolute Gasteiger partial charge is 0.162 e. The van der Waals surface area contributed by atoms with Gasteiger partial charge in [-0.15, -0.1) is 0 Å². The van der Waals surface area contributed by atoms with E-state index in [0.29, 0.717) is 5.82 Å². The van der Waals surface area contributed by atoms with Crippen LogP contribution in [0.3, 0.4) is 0 Å². The van der Waals surface area contributed by atoms with Crippen molar-refractivity contribution in [2.45, 2.75) is 0 Å². The molecule has 0 saturated heterocycles. The molecule has 4 heteroatoms. The highest BCUT2D eigenvalue weighted by Crippen LogP contribution is 2.55. The van der Waals surface area contributed by atoms with Crippen molar-refractivity contribution in [1.82, 2.24) is 14.5 Å². The van der Waals surface area contributed by atoms with Crippen LogP contribution < -0.4 is 4.90 Å². The molecule has 3 heterocycles. The fraction of sp³-hybridized carbons (Fsp3) is 0. The first-order valence-corrected chi connectivity index (χ1v) is 19.7. The van der Waals surface area contributed by atoms with Crippen LogP contribution in [-0.4, -0.2) is 14.5 Å². The maximum Gasteiger partial charge on any atom is 0.162 e. The standard InChI is InChI=1S/C54H36N4/c1-5-19-37(20-6-1)41-33-42(38-21-7-2-8-22-38)35-43(34-41)57-48-30-16-13-27-44(48)52-45-28-14-17-31-49(45)58(53(52)46-29-15-18-32-50(46)57)51-36-47(39-23-9-3-10-24-39)55-54(56-51)40-25-11-4-12-26-40/h1-36H. The van der Waals surface area contributed by atoms with E-state index in [1.165, 1.54) is 16.7 Å². The van der Waals surface area contributed by atoms with E-state index in [4.69, 9.17) is 9.97 Å². The minimum Gasteiger partial charge on any atom is -0.309 e. The maximum atomic E-state index is 5.40. The van der Waals surface area contributed by atoms with E-state index < -0.39 is 0 Å². The summed E-state index contributed by atoms with van der Waals surface area (Å²) in [5.41, 5.74) is 16.4. The van der Waals surface area contributed by atoms with E-state index in [0.717, 1.165) is 78.6 Å². The van der Waals surface area contributed by atoms with E-state index in [-0.39, 0.29) is 0 Å². The molecule has 4 nitrogen and oxygen atoms in total. The number of anilines is 3. The summed E-state index contributed by atoms with van der Waals surface area (Å²) in [6.07, 6.45) is 0. The van der Waals surface area contributed by atoms with Crippen molar-refractivity contribution in [2.75, 3.05) is 4.90 Å². The van der Waals surface area contributed by atoms with Gasteiger partial charge in [0.05, 0.1) is 28.3 Å². The van der Waals surface area contributed by atoms with Crippen LogP contribution in [0.5, 0.6) is 0 Å². The highest BCUT2D eigenvalue weighted by atomic mass is 15.2. The molecule has 58 heavy (non-hydrogen) atoms. The van der Waals surface area contributed by atoms with Crippen LogP contribution in [-0.2, 0) is 0 Å². The number of aromatic nitrogens is 3. The lowest BCUT2D eigenvalue weighted by Gasteiger charge is -2.28. The molecule has 0 fully saturated rings. The van der Waals surface area contributed by atoms with Gasteiger partial charge in [0.2, 0.25) is 0 Å². The number of nitrogens with zero attached hydrogens (tertiary/aromatic N) is 4. The molecule has 0 aliphatic carbocycles. The van der Waals surface area contributed by atoms with Gasteiger partial charge in [-0.1, -0.05) is 176 Å². The van der Waals surface area contributed by atoms with Gasteiger partial charge in [-0.2, -0.15) is 0 Å². The molecule has 1 aliphatic rings. The van der Waals surface area contributed by atoms with Crippen LogP contribution in [0.25, 0.3) is 84.0 Å². The van der Waals surface area contributed by atoms with Crippen molar-refractivity contribution < 1.29 is 0 Å². The van der Waals surface area contributed by atoms with Gasteiger partial charge in [-0.25, -0.2) is 9.97 Å². The third-order valence-electron chi connectivity index (χ3n) is 11.1. The van der Waals surface area contributed by atoms with Gasteiger partial charge in [-0.3, -0.25) is 4.57 Å². The lowest BCUT2D eigenvalue weighted by molar-refractivity contribution is 1.03. The Morgan fingerprint density at radius 1 is 0.362 bits per heavy atom. The maximum absolute atomic E-state index is 5.40. The SMILES string of the molecule is c1ccc(-c2cc(-c3ccccc3)cc(N3c4ccccc4-c4c(n(-c5cc(-c6ccccc6)nc(-c6ccccc6)n5)c5ccccc45)-c4ccccc43)c2)cc1. The monoisotopic (exact) mass is 740 g/mol. The zero-order chi connectivity index (χ0) is 38.4. The molecule has 11 rings (SSSR count). The largest absolute Gasteiger partial charge is 0.309 e. The number of fused-ring (bicyclic) bond motifs is 7. The van der Waals surface area contributed by atoms with Crippen molar-refractivity contribution in [3.05, 3.63) is 218 Å². The Bertz CT molecular complexity index is 2980. The second-order valence-corrected chi connectivity index (χ2v) is 14.6. The van der Waals surface area contributed by atoms with Crippen molar-refractivity contribution in [1.29, 1.82) is 0 Å². The first kappa shape index (κ1) is 33.5. The number of benzene rings is 8. The number of rotatable bonds is 6. The van der Waals surface area contributed by atoms with Crippen LogP contribution >= 0.6 is 0 Å². The second-order valence-electron chi connectivity index (χ2n) is 14.6. The van der Waals surface area contributed by atoms with E-state index in [9.17, 15) is 0 Å². The molecule has 0 amide bonds. The predicted octanol–water partition coefficient (Wildman–Crippen LogP) is 14.2. The van der Waals surface area contributed by atoms with Crippen molar-refractivity contribution in [2.24, 2.45) is 0 Å². The molecule has 0 atom stereocenters. The van der Waals surface area contributed by atoms with E-state index in [1.807, 2.05) is 24.3 Å². The van der Waals surface area contributed by atoms with Gasteiger partial charge in [0.1, 0.15) is 5.82 Å². The first-order chi connectivity index (χ1) is 28.8. The minimum absolute atomic E-state index is 0.679. The molecule has 8 aromatic carbocycles. The molecular formula is C54H36N4. The zero-order valence-corrected chi connectivity index (χ0v) is 31.6. The molecule has 0 bridgehead atoms. The Kier molecular flexibility index (Phi) is 8.11. The number of hydrogen-bond acceptors (Lipinski definition) is 3. The summed E-state index contributed by atoms with van der Waals surface area (Å²) in [5.74, 6) is 1.49. The molecule has 0 saturated carbocycles. The zero-order valence-electron chi connectivity index (χ0n) is 31.6. The number of para-hydroxylation sites is 3. The third kappa shape index (κ3) is 5.70. The Morgan fingerprint density at radius 2 is 0.862 bits per heavy atom. The summed E-state index contributed by atoms with van der Waals surface area (Å²) in [6.45, 7) is 0. The molecule has 0 N–H and O–H groups in total.